The van der Waals surface area contributed by atoms with Gasteiger partial charge in [0.2, 0.25) is 0 Å². The van der Waals surface area contributed by atoms with Gasteiger partial charge in [0, 0.05) is 32.0 Å². The summed E-state index contributed by atoms with van der Waals surface area (Å²) in [7, 11) is 3.86. The van der Waals surface area contributed by atoms with Crippen molar-refractivity contribution in [2.75, 3.05) is 35.3 Å². The molecule has 5 nitrogen and oxygen atoms in total. The Morgan fingerprint density at radius 1 is 0.848 bits per heavy atom. The number of amides is 2. The number of aryl methyl sites for hydroxylation is 1. The smallest absolute Gasteiger partial charge is 0.282 e. The molecule has 2 amide bonds. The molecule has 2 aliphatic heterocycles. The summed E-state index contributed by atoms with van der Waals surface area (Å²) < 4.78 is 13.6. The molecule has 2 heterocycles. The predicted molar refractivity (Wildman–Crippen MR) is 129 cm³/mol. The van der Waals surface area contributed by atoms with E-state index in [1.807, 2.05) is 54.2 Å². The van der Waals surface area contributed by atoms with Gasteiger partial charge in [-0.1, -0.05) is 30.3 Å². The molecule has 0 aliphatic carbocycles. The van der Waals surface area contributed by atoms with Gasteiger partial charge < -0.3 is 9.80 Å². The third-order valence-corrected chi connectivity index (χ3v) is 6.20. The van der Waals surface area contributed by atoms with Gasteiger partial charge in [-0.2, -0.15) is 0 Å². The Kier molecular flexibility index (Phi) is 5.21. The fourth-order valence-corrected chi connectivity index (χ4v) is 4.55. The molecule has 6 heteroatoms. The van der Waals surface area contributed by atoms with Gasteiger partial charge in [0.25, 0.3) is 11.8 Å². The van der Waals surface area contributed by atoms with E-state index in [0.717, 1.165) is 29.8 Å². The summed E-state index contributed by atoms with van der Waals surface area (Å²) in [6.07, 6.45) is 1.79. The third-order valence-electron chi connectivity index (χ3n) is 6.20. The third kappa shape index (κ3) is 3.57. The molecular weight excluding hydrogens is 417 g/mol. The lowest BCUT2D eigenvalue weighted by molar-refractivity contribution is -0.120. The maximum absolute atomic E-state index is 13.8. The van der Waals surface area contributed by atoms with Crippen molar-refractivity contribution in [2.45, 2.75) is 12.8 Å². The molecule has 0 radical (unpaired) electrons. The zero-order chi connectivity index (χ0) is 23.1. The topological polar surface area (TPSA) is 43.9 Å². The van der Waals surface area contributed by atoms with Crippen molar-refractivity contribution >= 4 is 34.4 Å². The van der Waals surface area contributed by atoms with Gasteiger partial charge in [-0.25, -0.2) is 9.29 Å². The Balaban J connectivity index is 1.65. The molecule has 33 heavy (non-hydrogen) atoms. The zero-order valence-corrected chi connectivity index (χ0v) is 18.6. The first-order valence-corrected chi connectivity index (χ1v) is 11.0. The van der Waals surface area contributed by atoms with Gasteiger partial charge in [-0.15, -0.1) is 0 Å². The Morgan fingerprint density at radius 2 is 1.55 bits per heavy atom. The van der Waals surface area contributed by atoms with E-state index in [0.29, 0.717) is 29.1 Å². The van der Waals surface area contributed by atoms with Crippen LogP contribution in [0.3, 0.4) is 0 Å². The van der Waals surface area contributed by atoms with Crippen LogP contribution in [0, 0.1) is 5.82 Å². The van der Waals surface area contributed by atoms with Crippen molar-refractivity contribution in [1.29, 1.82) is 0 Å². The predicted octanol–water partition coefficient (Wildman–Crippen LogP) is 4.63. The average Bonchev–Trinajstić information content (AvgIpc) is 3.09. The molecule has 0 N–H and O–H groups in total. The lowest BCUT2D eigenvalue weighted by atomic mass is 9.98. The molecule has 0 atom stereocenters. The maximum atomic E-state index is 13.8. The summed E-state index contributed by atoms with van der Waals surface area (Å²) in [4.78, 5) is 32.6. The summed E-state index contributed by atoms with van der Waals surface area (Å²) >= 11 is 0. The quantitative estimate of drug-likeness (QED) is 0.554. The van der Waals surface area contributed by atoms with Crippen LogP contribution in [0.4, 0.5) is 21.5 Å². The van der Waals surface area contributed by atoms with Crippen LogP contribution in [0.2, 0.25) is 0 Å². The van der Waals surface area contributed by atoms with Crippen molar-refractivity contribution in [3.05, 3.63) is 95.4 Å². The molecule has 166 valence electrons. The van der Waals surface area contributed by atoms with Crippen LogP contribution in [-0.4, -0.2) is 32.5 Å². The van der Waals surface area contributed by atoms with Crippen LogP contribution in [0.5, 0.6) is 0 Å². The second kappa shape index (κ2) is 8.20. The molecule has 0 fully saturated rings. The highest BCUT2D eigenvalue weighted by Gasteiger charge is 2.43. The molecule has 0 bridgehead atoms. The lowest BCUT2D eigenvalue weighted by Crippen LogP contribution is -2.37. The number of benzene rings is 3. The van der Waals surface area contributed by atoms with Crippen LogP contribution >= 0.6 is 0 Å². The average molecular weight is 442 g/mol. The summed E-state index contributed by atoms with van der Waals surface area (Å²) in [6.45, 7) is 0.628. The molecular formula is C27H24FN3O2. The molecule has 2 aliphatic rings. The molecule has 5 rings (SSSR count). The Morgan fingerprint density at radius 3 is 2.24 bits per heavy atom. The lowest BCUT2D eigenvalue weighted by Gasteiger charge is -2.32. The number of fused-ring (bicyclic) bond motifs is 1. The van der Waals surface area contributed by atoms with Gasteiger partial charge in [-0.05, 0) is 66.4 Å². The van der Waals surface area contributed by atoms with E-state index in [9.17, 15) is 14.0 Å². The van der Waals surface area contributed by atoms with Gasteiger partial charge in [-0.3, -0.25) is 9.59 Å². The van der Waals surface area contributed by atoms with Gasteiger partial charge >= 0.3 is 0 Å². The number of rotatable bonds is 4. The molecule has 0 aromatic heterocycles. The SMILES string of the molecule is CN(C)c1ccc(N2C(=O)C(c3ccc(F)cc3)=C(N3CCCc4ccccc43)C2=O)cc1. The van der Waals surface area contributed by atoms with E-state index in [1.54, 1.807) is 24.3 Å². The number of carbonyl (C=O) groups is 2. The van der Waals surface area contributed by atoms with E-state index >= 15 is 0 Å². The fraction of sp³-hybridized carbons (Fsp3) is 0.185. The van der Waals surface area contributed by atoms with E-state index in [2.05, 4.69) is 6.07 Å². The highest BCUT2D eigenvalue weighted by atomic mass is 19.1. The van der Waals surface area contributed by atoms with E-state index in [-0.39, 0.29) is 5.91 Å². The van der Waals surface area contributed by atoms with Crippen molar-refractivity contribution in [3.8, 4) is 0 Å². The largest absolute Gasteiger partial charge is 0.378 e. The second-order valence-electron chi connectivity index (χ2n) is 8.47. The first-order chi connectivity index (χ1) is 16.0. The number of imide groups is 1. The fourth-order valence-electron chi connectivity index (χ4n) is 4.55. The van der Waals surface area contributed by atoms with Gasteiger partial charge in [0.15, 0.2) is 0 Å². The van der Waals surface area contributed by atoms with E-state index in [1.165, 1.54) is 17.0 Å². The molecule has 3 aromatic carbocycles. The number of para-hydroxylation sites is 1. The number of carbonyl (C=O) groups excluding carboxylic acids is 2. The van der Waals surface area contributed by atoms with E-state index < -0.39 is 11.7 Å². The minimum absolute atomic E-state index is 0.299. The van der Waals surface area contributed by atoms with Gasteiger partial charge in [0.05, 0.1) is 11.3 Å². The van der Waals surface area contributed by atoms with Crippen LogP contribution < -0.4 is 14.7 Å². The normalized spacial score (nSPS) is 15.8. The molecule has 0 saturated heterocycles. The van der Waals surface area contributed by atoms with Crippen LogP contribution in [-0.2, 0) is 16.0 Å². The molecule has 0 saturated carbocycles. The number of anilines is 3. The van der Waals surface area contributed by atoms with Crippen molar-refractivity contribution in [2.24, 2.45) is 0 Å². The van der Waals surface area contributed by atoms with Crippen molar-refractivity contribution < 1.29 is 14.0 Å². The monoisotopic (exact) mass is 441 g/mol. The van der Waals surface area contributed by atoms with Crippen molar-refractivity contribution in [3.63, 3.8) is 0 Å². The number of halogens is 1. The minimum atomic E-state index is -0.401. The van der Waals surface area contributed by atoms with Gasteiger partial charge in [0.1, 0.15) is 11.5 Å². The molecule has 3 aromatic rings. The van der Waals surface area contributed by atoms with E-state index in [4.69, 9.17) is 0 Å². The first-order valence-electron chi connectivity index (χ1n) is 11.0. The standard InChI is InChI=1S/C27H24FN3O2/c1-29(2)21-13-15-22(16-14-21)31-26(32)24(19-9-11-20(28)12-10-19)25(27(31)33)30-17-5-7-18-6-3-4-8-23(18)30/h3-4,6,8-16H,5,7,17H2,1-2H3. The molecule has 0 spiro atoms. The number of nitrogens with zero attached hydrogens (tertiary/aromatic N) is 3. The van der Waals surface area contributed by atoms with Crippen LogP contribution in [0.25, 0.3) is 5.57 Å². The molecule has 0 unspecified atom stereocenters. The minimum Gasteiger partial charge on any atom is -0.378 e. The second-order valence-corrected chi connectivity index (χ2v) is 8.47. The Labute approximate surface area is 192 Å². The Bertz CT molecular complexity index is 1260. The van der Waals surface area contributed by atoms with Crippen LogP contribution in [0.15, 0.2) is 78.5 Å². The highest BCUT2D eigenvalue weighted by Crippen LogP contribution is 2.39. The summed E-state index contributed by atoms with van der Waals surface area (Å²) in [5.41, 5.74) is 4.72. The zero-order valence-electron chi connectivity index (χ0n) is 18.6. The highest BCUT2D eigenvalue weighted by molar-refractivity contribution is 6.46. The number of hydrogen-bond donors (Lipinski definition) is 0. The van der Waals surface area contributed by atoms with Crippen molar-refractivity contribution in [1.82, 2.24) is 0 Å². The summed E-state index contributed by atoms with van der Waals surface area (Å²) in [5.74, 6) is -1.16. The first kappa shape index (κ1) is 20.9. The summed E-state index contributed by atoms with van der Waals surface area (Å²) in [6, 6.07) is 21.0. The maximum Gasteiger partial charge on any atom is 0.282 e. The van der Waals surface area contributed by atoms with Crippen LogP contribution in [0.1, 0.15) is 17.5 Å². The Hall–Kier alpha value is -3.93. The number of hydrogen-bond acceptors (Lipinski definition) is 4. The summed E-state index contributed by atoms with van der Waals surface area (Å²) in [5, 5.41) is 0.